The third-order valence-corrected chi connectivity index (χ3v) is 3.23. The second kappa shape index (κ2) is 5.63. The lowest BCUT2D eigenvalue weighted by Gasteiger charge is -2.09. The maximum absolute atomic E-state index is 4.01. The van der Waals surface area contributed by atoms with Crippen LogP contribution in [0.15, 0.2) is 28.9 Å². The van der Waals surface area contributed by atoms with Crippen molar-refractivity contribution in [3.8, 4) is 11.3 Å². The van der Waals surface area contributed by atoms with Crippen molar-refractivity contribution < 1.29 is 0 Å². The number of nitrogens with zero attached hydrogens (tertiary/aromatic N) is 3. The van der Waals surface area contributed by atoms with E-state index >= 15 is 0 Å². The molecule has 18 heavy (non-hydrogen) atoms. The van der Waals surface area contributed by atoms with Crippen LogP contribution in [0.2, 0.25) is 0 Å². The highest BCUT2D eigenvalue weighted by Crippen LogP contribution is 2.26. The van der Waals surface area contributed by atoms with Gasteiger partial charge >= 0.3 is 0 Å². The first-order chi connectivity index (χ1) is 8.58. The molecular weight excluding hydrogens is 292 g/mol. The van der Waals surface area contributed by atoms with Crippen LogP contribution in [0.3, 0.4) is 0 Å². The molecule has 0 saturated heterocycles. The predicted molar refractivity (Wildman–Crippen MR) is 76.1 cm³/mol. The van der Waals surface area contributed by atoms with Gasteiger partial charge in [0.05, 0.1) is 0 Å². The number of nitrogens with one attached hydrogen (secondary N) is 1. The van der Waals surface area contributed by atoms with E-state index in [0.29, 0.717) is 6.04 Å². The second-order valence-corrected chi connectivity index (χ2v) is 5.34. The fourth-order valence-corrected chi connectivity index (χ4v) is 2.34. The van der Waals surface area contributed by atoms with Crippen molar-refractivity contribution >= 4 is 15.9 Å². The molecule has 0 unspecified atom stereocenters. The van der Waals surface area contributed by atoms with E-state index in [2.05, 4.69) is 69.7 Å². The van der Waals surface area contributed by atoms with E-state index in [0.717, 1.165) is 22.4 Å². The first-order valence-electron chi connectivity index (χ1n) is 5.96. The highest BCUT2D eigenvalue weighted by molar-refractivity contribution is 9.10. The third kappa shape index (κ3) is 2.97. The van der Waals surface area contributed by atoms with E-state index in [-0.39, 0.29) is 0 Å². The molecule has 0 fully saturated rings. The summed E-state index contributed by atoms with van der Waals surface area (Å²) in [5.74, 6) is 0. The highest BCUT2D eigenvalue weighted by atomic mass is 79.9. The standard InChI is InChI=1S/C13H17BrN4/c1-9(2)15-8-10-5-4-6-11(7-10)12-13(14)16-17-18(12)3/h4-7,9,15H,8H2,1-3H3. The molecule has 4 nitrogen and oxygen atoms in total. The van der Waals surface area contributed by atoms with Crippen molar-refractivity contribution in [2.45, 2.75) is 26.4 Å². The van der Waals surface area contributed by atoms with Crippen LogP contribution < -0.4 is 5.32 Å². The molecule has 0 aliphatic heterocycles. The van der Waals surface area contributed by atoms with Crippen LogP contribution in [0.5, 0.6) is 0 Å². The van der Waals surface area contributed by atoms with Gasteiger partial charge in [-0.25, -0.2) is 4.68 Å². The van der Waals surface area contributed by atoms with Crippen molar-refractivity contribution in [2.24, 2.45) is 7.05 Å². The monoisotopic (exact) mass is 308 g/mol. The summed E-state index contributed by atoms with van der Waals surface area (Å²) >= 11 is 3.43. The van der Waals surface area contributed by atoms with Crippen molar-refractivity contribution in [2.75, 3.05) is 0 Å². The molecule has 1 N–H and O–H groups in total. The minimum atomic E-state index is 0.485. The summed E-state index contributed by atoms with van der Waals surface area (Å²) in [5, 5.41) is 11.4. The van der Waals surface area contributed by atoms with Gasteiger partial charge in [-0.2, -0.15) is 0 Å². The Balaban J connectivity index is 2.27. The number of aryl methyl sites for hydroxylation is 1. The van der Waals surface area contributed by atoms with Crippen molar-refractivity contribution in [3.05, 3.63) is 34.4 Å². The summed E-state index contributed by atoms with van der Waals surface area (Å²) in [6.45, 7) is 5.16. The quantitative estimate of drug-likeness (QED) is 0.944. The molecule has 2 aromatic rings. The number of benzene rings is 1. The number of hydrogen-bond donors (Lipinski definition) is 1. The first-order valence-corrected chi connectivity index (χ1v) is 6.75. The van der Waals surface area contributed by atoms with Crippen LogP contribution in [-0.2, 0) is 13.6 Å². The molecule has 96 valence electrons. The minimum Gasteiger partial charge on any atom is -0.310 e. The Morgan fingerprint density at radius 1 is 1.39 bits per heavy atom. The van der Waals surface area contributed by atoms with E-state index in [1.54, 1.807) is 4.68 Å². The number of rotatable bonds is 4. The average Bonchev–Trinajstić information content (AvgIpc) is 2.67. The molecule has 0 aliphatic rings. The van der Waals surface area contributed by atoms with Crippen molar-refractivity contribution in [1.29, 1.82) is 0 Å². The van der Waals surface area contributed by atoms with Gasteiger partial charge in [0, 0.05) is 25.2 Å². The largest absolute Gasteiger partial charge is 0.310 e. The molecule has 0 saturated carbocycles. The molecule has 0 aliphatic carbocycles. The van der Waals surface area contributed by atoms with Gasteiger partial charge in [0.2, 0.25) is 0 Å². The molecular formula is C13H17BrN4. The molecule has 0 amide bonds. The Bertz CT molecular complexity index is 514. The van der Waals surface area contributed by atoms with E-state index in [1.165, 1.54) is 5.56 Å². The molecule has 0 spiro atoms. The summed E-state index contributed by atoms with van der Waals surface area (Å²) in [5.41, 5.74) is 3.38. The molecule has 0 bridgehead atoms. The molecule has 0 atom stereocenters. The smallest absolute Gasteiger partial charge is 0.156 e. The summed E-state index contributed by atoms with van der Waals surface area (Å²) in [4.78, 5) is 0. The maximum atomic E-state index is 4.01. The molecule has 5 heteroatoms. The second-order valence-electron chi connectivity index (χ2n) is 4.59. The minimum absolute atomic E-state index is 0.485. The molecule has 1 aromatic heterocycles. The van der Waals surface area contributed by atoms with Gasteiger partial charge in [0.15, 0.2) is 4.60 Å². The molecule has 2 rings (SSSR count). The number of hydrogen-bond acceptors (Lipinski definition) is 3. The zero-order valence-electron chi connectivity index (χ0n) is 10.8. The Morgan fingerprint density at radius 2 is 2.17 bits per heavy atom. The fraction of sp³-hybridized carbons (Fsp3) is 0.385. The zero-order valence-corrected chi connectivity index (χ0v) is 12.4. The van der Waals surface area contributed by atoms with Crippen molar-refractivity contribution in [3.63, 3.8) is 0 Å². The Labute approximate surface area is 116 Å². The Morgan fingerprint density at radius 3 is 2.78 bits per heavy atom. The lowest BCUT2D eigenvalue weighted by Crippen LogP contribution is -2.21. The molecule has 1 heterocycles. The third-order valence-electron chi connectivity index (χ3n) is 2.70. The highest BCUT2D eigenvalue weighted by Gasteiger charge is 2.10. The maximum Gasteiger partial charge on any atom is 0.156 e. The van der Waals surface area contributed by atoms with E-state index in [1.807, 2.05) is 7.05 Å². The van der Waals surface area contributed by atoms with Gasteiger partial charge in [0.25, 0.3) is 0 Å². The fourth-order valence-electron chi connectivity index (χ4n) is 1.79. The van der Waals surface area contributed by atoms with Crippen LogP contribution in [0.1, 0.15) is 19.4 Å². The SMILES string of the molecule is CC(C)NCc1cccc(-c2c(Br)nnn2C)c1. The Hall–Kier alpha value is -1.20. The van der Waals surface area contributed by atoms with Gasteiger partial charge in [-0.15, -0.1) is 5.10 Å². The van der Waals surface area contributed by atoms with E-state index in [4.69, 9.17) is 0 Å². The normalized spacial score (nSPS) is 11.2. The van der Waals surface area contributed by atoms with Crippen LogP contribution in [0.25, 0.3) is 11.3 Å². The lowest BCUT2D eigenvalue weighted by molar-refractivity contribution is 0.589. The van der Waals surface area contributed by atoms with Gasteiger partial charge in [-0.05, 0) is 27.6 Å². The van der Waals surface area contributed by atoms with Gasteiger partial charge < -0.3 is 5.32 Å². The summed E-state index contributed by atoms with van der Waals surface area (Å²) < 4.78 is 2.55. The number of halogens is 1. The van der Waals surface area contributed by atoms with Crippen LogP contribution in [-0.4, -0.2) is 21.0 Å². The van der Waals surface area contributed by atoms with E-state index < -0.39 is 0 Å². The van der Waals surface area contributed by atoms with Crippen molar-refractivity contribution in [1.82, 2.24) is 20.3 Å². The zero-order chi connectivity index (χ0) is 13.1. The van der Waals surface area contributed by atoms with Gasteiger partial charge in [-0.1, -0.05) is 37.3 Å². The lowest BCUT2D eigenvalue weighted by atomic mass is 10.1. The summed E-state index contributed by atoms with van der Waals surface area (Å²) in [7, 11) is 1.89. The predicted octanol–water partition coefficient (Wildman–Crippen LogP) is 2.74. The number of aromatic nitrogens is 3. The van der Waals surface area contributed by atoms with E-state index in [9.17, 15) is 0 Å². The van der Waals surface area contributed by atoms with Gasteiger partial charge in [0.1, 0.15) is 5.69 Å². The first kappa shape index (κ1) is 13.2. The molecule has 1 aromatic carbocycles. The van der Waals surface area contributed by atoms with Crippen LogP contribution in [0, 0.1) is 0 Å². The topological polar surface area (TPSA) is 42.7 Å². The van der Waals surface area contributed by atoms with Crippen LogP contribution in [0.4, 0.5) is 0 Å². The van der Waals surface area contributed by atoms with Gasteiger partial charge in [-0.3, -0.25) is 0 Å². The van der Waals surface area contributed by atoms with Crippen LogP contribution >= 0.6 is 15.9 Å². The summed E-state index contributed by atoms with van der Waals surface area (Å²) in [6.07, 6.45) is 0. The Kier molecular flexibility index (Phi) is 4.14. The molecule has 0 radical (unpaired) electrons. The summed E-state index contributed by atoms with van der Waals surface area (Å²) in [6, 6.07) is 8.91. The average molecular weight is 309 g/mol.